The van der Waals surface area contributed by atoms with E-state index in [9.17, 15) is 0 Å². The molecule has 0 atom stereocenters. The molecule has 0 spiro atoms. The Morgan fingerprint density at radius 3 is 2.62 bits per heavy atom. The standard InChI is InChI=1S/C16H9/c1-2-12-7-10-16-14(11-12)9-8-13-5-3-4-6-15(13)16/h1,4-11H. The lowest BCUT2D eigenvalue weighted by molar-refractivity contribution is 1.71. The van der Waals surface area contributed by atoms with E-state index in [1.807, 2.05) is 24.3 Å². The van der Waals surface area contributed by atoms with Gasteiger partial charge in [0.15, 0.2) is 0 Å². The van der Waals surface area contributed by atoms with Gasteiger partial charge in [-0.05, 0) is 45.8 Å². The second kappa shape index (κ2) is 3.40. The van der Waals surface area contributed by atoms with Crippen molar-refractivity contribution >= 4 is 21.5 Å². The molecule has 3 aromatic rings. The van der Waals surface area contributed by atoms with Crippen LogP contribution in [0.2, 0.25) is 0 Å². The van der Waals surface area contributed by atoms with Gasteiger partial charge in [-0.1, -0.05) is 36.3 Å². The molecule has 16 heavy (non-hydrogen) atoms. The molecule has 0 unspecified atom stereocenters. The normalized spacial score (nSPS) is 10.4. The fourth-order valence-corrected chi connectivity index (χ4v) is 2.04. The van der Waals surface area contributed by atoms with Crippen LogP contribution in [-0.2, 0) is 0 Å². The van der Waals surface area contributed by atoms with Crippen LogP contribution in [0.4, 0.5) is 0 Å². The van der Waals surface area contributed by atoms with Gasteiger partial charge in [0.25, 0.3) is 0 Å². The van der Waals surface area contributed by atoms with E-state index in [1.54, 1.807) is 0 Å². The second-order valence-corrected chi connectivity index (χ2v) is 3.79. The van der Waals surface area contributed by atoms with Crippen LogP contribution in [-0.4, -0.2) is 0 Å². The van der Waals surface area contributed by atoms with Crippen molar-refractivity contribution in [1.82, 2.24) is 0 Å². The topological polar surface area (TPSA) is 0 Å². The van der Waals surface area contributed by atoms with E-state index in [1.165, 1.54) is 21.5 Å². The van der Waals surface area contributed by atoms with Gasteiger partial charge < -0.3 is 0 Å². The number of hydrogen-bond donors (Lipinski definition) is 0. The minimum Gasteiger partial charge on any atom is -0.115 e. The summed E-state index contributed by atoms with van der Waals surface area (Å²) in [5.74, 6) is 2.66. The van der Waals surface area contributed by atoms with Gasteiger partial charge in [-0.2, -0.15) is 0 Å². The highest BCUT2D eigenvalue weighted by molar-refractivity contribution is 6.07. The molecule has 0 saturated carbocycles. The zero-order chi connectivity index (χ0) is 11.0. The van der Waals surface area contributed by atoms with Gasteiger partial charge in [0.1, 0.15) is 0 Å². The molecule has 0 fully saturated rings. The summed E-state index contributed by atoms with van der Waals surface area (Å²) in [6, 6.07) is 19.5. The minimum atomic E-state index is 0.925. The average molecular weight is 201 g/mol. The number of rotatable bonds is 0. The lowest BCUT2D eigenvalue weighted by atomic mass is 10.0. The predicted molar refractivity (Wildman–Crippen MR) is 68.2 cm³/mol. The van der Waals surface area contributed by atoms with Crippen molar-refractivity contribution in [2.75, 3.05) is 0 Å². The van der Waals surface area contributed by atoms with Crippen LogP contribution in [0.3, 0.4) is 0 Å². The highest BCUT2D eigenvalue weighted by atomic mass is 14.0. The molecule has 0 aliphatic rings. The Kier molecular flexibility index (Phi) is 1.91. The van der Waals surface area contributed by atoms with Crippen LogP contribution >= 0.6 is 0 Å². The maximum Gasteiger partial charge on any atom is 0.0248 e. The van der Waals surface area contributed by atoms with E-state index in [4.69, 9.17) is 6.42 Å². The van der Waals surface area contributed by atoms with Crippen molar-refractivity contribution in [2.45, 2.75) is 0 Å². The zero-order valence-corrected chi connectivity index (χ0v) is 8.70. The van der Waals surface area contributed by atoms with E-state index in [0.717, 1.165) is 5.56 Å². The Hall–Kier alpha value is -2.26. The van der Waals surface area contributed by atoms with Crippen molar-refractivity contribution in [1.29, 1.82) is 0 Å². The Bertz CT molecular complexity index is 715. The highest BCUT2D eigenvalue weighted by Crippen LogP contribution is 2.25. The fourth-order valence-electron chi connectivity index (χ4n) is 2.04. The van der Waals surface area contributed by atoms with Gasteiger partial charge in [0.05, 0.1) is 0 Å². The summed E-state index contributed by atoms with van der Waals surface area (Å²) < 4.78 is 0. The molecule has 0 aliphatic carbocycles. The molecule has 3 aromatic carbocycles. The van der Waals surface area contributed by atoms with Gasteiger partial charge in [0, 0.05) is 5.56 Å². The maximum atomic E-state index is 5.40. The van der Waals surface area contributed by atoms with Crippen LogP contribution in [0.1, 0.15) is 5.56 Å². The van der Waals surface area contributed by atoms with E-state index < -0.39 is 0 Å². The molecule has 73 valence electrons. The molecule has 1 radical (unpaired) electrons. The second-order valence-electron chi connectivity index (χ2n) is 3.79. The molecule has 0 bridgehead atoms. The first-order chi connectivity index (χ1) is 7.88. The van der Waals surface area contributed by atoms with Crippen LogP contribution in [0, 0.1) is 18.4 Å². The molecule has 0 amide bonds. The molecule has 0 saturated heterocycles. The largest absolute Gasteiger partial charge is 0.115 e. The molecule has 3 rings (SSSR count). The Labute approximate surface area is 94.5 Å². The summed E-state index contributed by atoms with van der Waals surface area (Å²) >= 11 is 0. The fraction of sp³-hybridized carbons (Fsp3) is 0. The summed E-state index contributed by atoms with van der Waals surface area (Å²) in [4.78, 5) is 0. The summed E-state index contributed by atoms with van der Waals surface area (Å²) in [6.07, 6.45) is 5.40. The Balaban J connectivity index is 2.49. The average Bonchev–Trinajstić information content (AvgIpc) is 2.38. The van der Waals surface area contributed by atoms with Gasteiger partial charge in [-0.15, -0.1) is 6.42 Å². The quantitative estimate of drug-likeness (QED) is 0.383. The summed E-state index contributed by atoms with van der Waals surface area (Å²) in [7, 11) is 0. The third-order valence-electron chi connectivity index (χ3n) is 2.85. The molecule has 0 heteroatoms. The first-order valence-corrected chi connectivity index (χ1v) is 5.18. The van der Waals surface area contributed by atoms with Gasteiger partial charge >= 0.3 is 0 Å². The SMILES string of the molecule is C#Cc1ccc2c(ccc3c[c]ccc32)c1. The van der Waals surface area contributed by atoms with E-state index in [0.29, 0.717) is 0 Å². The molecule has 0 aliphatic heterocycles. The highest BCUT2D eigenvalue weighted by Gasteiger charge is 1.99. The minimum absolute atomic E-state index is 0.925. The number of hydrogen-bond acceptors (Lipinski definition) is 0. The lowest BCUT2D eigenvalue weighted by Crippen LogP contribution is -1.79. The van der Waals surface area contributed by atoms with Crippen LogP contribution in [0.5, 0.6) is 0 Å². The lowest BCUT2D eigenvalue weighted by Gasteiger charge is -2.03. The molecule has 0 N–H and O–H groups in total. The predicted octanol–water partition coefficient (Wildman–Crippen LogP) is 3.77. The zero-order valence-electron chi connectivity index (χ0n) is 8.70. The van der Waals surface area contributed by atoms with Gasteiger partial charge in [-0.25, -0.2) is 0 Å². The monoisotopic (exact) mass is 201 g/mol. The number of benzene rings is 3. The van der Waals surface area contributed by atoms with Crippen molar-refractivity contribution < 1.29 is 0 Å². The third kappa shape index (κ3) is 1.26. The van der Waals surface area contributed by atoms with Gasteiger partial charge in [-0.3, -0.25) is 0 Å². The summed E-state index contributed by atoms with van der Waals surface area (Å²) in [5, 5.41) is 4.89. The maximum absolute atomic E-state index is 5.40. The summed E-state index contributed by atoms with van der Waals surface area (Å²) in [5.41, 5.74) is 0.925. The van der Waals surface area contributed by atoms with Crippen LogP contribution in [0.25, 0.3) is 21.5 Å². The Morgan fingerprint density at radius 2 is 1.75 bits per heavy atom. The van der Waals surface area contributed by atoms with Crippen LogP contribution < -0.4 is 0 Å². The first kappa shape index (κ1) is 9.00. The van der Waals surface area contributed by atoms with Gasteiger partial charge in [0.2, 0.25) is 0 Å². The molecule has 0 nitrogen and oxygen atoms in total. The van der Waals surface area contributed by atoms with Crippen molar-refractivity contribution in [3.05, 3.63) is 60.2 Å². The first-order valence-electron chi connectivity index (χ1n) is 5.18. The molecule has 0 aromatic heterocycles. The van der Waals surface area contributed by atoms with Crippen molar-refractivity contribution in [2.24, 2.45) is 0 Å². The molecular weight excluding hydrogens is 192 g/mol. The molecule has 0 heterocycles. The third-order valence-corrected chi connectivity index (χ3v) is 2.85. The number of terminal acetylenes is 1. The number of fused-ring (bicyclic) bond motifs is 3. The Morgan fingerprint density at radius 1 is 0.938 bits per heavy atom. The molecular formula is C16H9. The smallest absolute Gasteiger partial charge is 0.0248 e. The van der Waals surface area contributed by atoms with E-state index in [-0.39, 0.29) is 0 Å². The van der Waals surface area contributed by atoms with E-state index in [2.05, 4.69) is 36.3 Å². The van der Waals surface area contributed by atoms with Crippen molar-refractivity contribution in [3.63, 3.8) is 0 Å². The van der Waals surface area contributed by atoms with E-state index >= 15 is 0 Å². The van der Waals surface area contributed by atoms with Crippen LogP contribution in [0.15, 0.2) is 48.5 Å². The summed E-state index contributed by atoms with van der Waals surface area (Å²) in [6.45, 7) is 0. The van der Waals surface area contributed by atoms with Crippen molar-refractivity contribution in [3.8, 4) is 12.3 Å².